The average molecular weight is 276 g/mol. The van der Waals surface area contributed by atoms with Gasteiger partial charge in [-0.2, -0.15) is 0 Å². The van der Waals surface area contributed by atoms with Crippen LogP contribution in [0, 0.1) is 5.92 Å². The standard InChI is InChI=1S/C16H24N2O2/c1-12(2)9-15-11-17-7-8-18(15)14-6-4-5-13(10-14)16(19)20-3/h4-6,10,12,15,17H,7-9,11H2,1-3H3/t15-/m0/s1. The highest BCUT2D eigenvalue weighted by Gasteiger charge is 2.23. The van der Waals surface area contributed by atoms with Crippen LogP contribution in [-0.2, 0) is 4.74 Å². The fourth-order valence-corrected chi connectivity index (χ4v) is 2.78. The number of rotatable bonds is 4. The molecule has 0 saturated carbocycles. The maximum atomic E-state index is 11.7. The molecule has 1 saturated heterocycles. The van der Waals surface area contributed by atoms with E-state index < -0.39 is 0 Å². The van der Waals surface area contributed by atoms with E-state index >= 15 is 0 Å². The van der Waals surface area contributed by atoms with Crippen molar-refractivity contribution in [3.05, 3.63) is 29.8 Å². The van der Waals surface area contributed by atoms with Crippen molar-refractivity contribution < 1.29 is 9.53 Å². The first-order valence-electron chi connectivity index (χ1n) is 7.27. The van der Waals surface area contributed by atoms with E-state index in [2.05, 4.69) is 30.1 Å². The molecule has 0 aromatic heterocycles. The van der Waals surface area contributed by atoms with Gasteiger partial charge in [-0.25, -0.2) is 4.79 Å². The minimum absolute atomic E-state index is 0.276. The molecule has 2 rings (SSSR count). The number of nitrogens with zero attached hydrogens (tertiary/aromatic N) is 1. The predicted molar refractivity (Wildman–Crippen MR) is 81.2 cm³/mol. The maximum Gasteiger partial charge on any atom is 0.337 e. The lowest BCUT2D eigenvalue weighted by Gasteiger charge is -2.39. The number of esters is 1. The van der Waals surface area contributed by atoms with E-state index in [1.54, 1.807) is 6.07 Å². The van der Waals surface area contributed by atoms with Gasteiger partial charge in [0.25, 0.3) is 0 Å². The number of methoxy groups -OCH3 is 1. The molecule has 1 aromatic rings. The second-order valence-electron chi connectivity index (χ2n) is 5.72. The van der Waals surface area contributed by atoms with Crippen LogP contribution in [0.4, 0.5) is 5.69 Å². The van der Waals surface area contributed by atoms with Gasteiger partial charge in [-0.05, 0) is 30.5 Å². The number of ether oxygens (including phenoxy) is 1. The first-order chi connectivity index (χ1) is 9.61. The third-order valence-corrected chi connectivity index (χ3v) is 3.69. The Morgan fingerprint density at radius 1 is 1.50 bits per heavy atom. The van der Waals surface area contributed by atoms with Crippen molar-refractivity contribution in [1.82, 2.24) is 5.32 Å². The summed E-state index contributed by atoms with van der Waals surface area (Å²) in [5.41, 5.74) is 1.73. The third-order valence-electron chi connectivity index (χ3n) is 3.69. The molecule has 20 heavy (non-hydrogen) atoms. The topological polar surface area (TPSA) is 41.6 Å². The van der Waals surface area contributed by atoms with Gasteiger partial charge in [0.2, 0.25) is 0 Å². The van der Waals surface area contributed by atoms with Gasteiger partial charge in [0.1, 0.15) is 0 Å². The molecular formula is C16H24N2O2. The molecule has 1 fully saturated rings. The summed E-state index contributed by atoms with van der Waals surface area (Å²) in [6, 6.07) is 8.22. The molecule has 110 valence electrons. The Morgan fingerprint density at radius 3 is 3.00 bits per heavy atom. The molecule has 1 N–H and O–H groups in total. The minimum Gasteiger partial charge on any atom is -0.465 e. The molecular weight excluding hydrogens is 252 g/mol. The van der Waals surface area contributed by atoms with Crippen molar-refractivity contribution in [3.63, 3.8) is 0 Å². The highest BCUT2D eigenvalue weighted by Crippen LogP contribution is 2.23. The van der Waals surface area contributed by atoms with Gasteiger partial charge in [0.15, 0.2) is 0 Å². The lowest BCUT2D eigenvalue weighted by atomic mass is 10.00. The summed E-state index contributed by atoms with van der Waals surface area (Å²) in [6.45, 7) is 7.45. The summed E-state index contributed by atoms with van der Waals surface area (Å²) < 4.78 is 4.80. The van der Waals surface area contributed by atoms with Crippen molar-refractivity contribution in [2.75, 3.05) is 31.6 Å². The van der Waals surface area contributed by atoms with E-state index in [0.717, 1.165) is 31.7 Å². The third kappa shape index (κ3) is 3.51. The first-order valence-corrected chi connectivity index (χ1v) is 7.27. The van der Waals surface area contributed by atoms with Crippen molar-refractivity contribution in [2.45, 2.75) is 26.3 Å². The van der Waals surface area contributed by atoms with Gasteiger partial charge >= 0.3 is 5.97 Å². The lowest BCUT2D eigenvalue weighted by Crippen LogP contribution is -2.52. The van der Waals surface area contributed by atoms with Crippen LogP contribution in [0.15, 0.2) is 24.3 Å². The monoisotopic (exact) mass is 276 g/mol. The van der Waals surface area contributed by atoms with Gasteiger partial charge < -0.3 is 15.0 Å². The quantitative estimate of drug-likeness (QED) is 0.857. The number of piperazine rings is 1. The van der Waals surface area contributed by atoms with Crippen molar-refractivity contribution in [1.29, 1.82) is 0 Å². The highest BCUT2D eigenvalue weighted by molar-refractivity contribution is 5.90. The average Bonchev–Trinajstić information content (AvgIpc) is 2.46. The summed E-state index contributed by atoms with van der Waals surface area (Å²) in [6.07, 6.45) is 1.15. The summed E-state index contributed by atoms with van der Waals surface area (Å²) >= 11 is 0. The predicted octanol–water partition coefficient (Wildman–Crippen LogP) is 2.30. The zero-order valence-corrected chi connectivity index (χ0v) is 12.6. The molecule has 4 nitrogen and oxygen atoms in total. The number of benzene rings is 1. The summed E-state index contributed by atoms with van der Waals surface area (Å²) in [4.78, 5) is 14.1. The second-order valence-corrected chi connectivity index (χ2v) is 5.72. The van der Waals surface area contributed by atoms with Gasteiger partial charge in [0.05, 0.1) is 12.7 Å². The minimum atomic E-state index is -0.276. The van der Waals surface area contributed by atoms with Crippen LogP contribution in [0.1, 0.15) is 30.6 Å². The highest BCUT2D eigenvalue weighted by atomic mass is 16.5. The first kappa shape index (κ1) is 14.9. The Labute approximate surface area is 121 Å². The molecule has 0 radical (unpaired) electrons. The van der Waals surface area contributed by atoms with E-state index in [4.69, 9.17) is 4.74 Å². The van der Waals surface area contributed by atoms with E-state index in [1.165, 1.54) is 7.11 Å². The van der Waals surface area contributed by atoms with Crippen LogP contribution < -0.4 is 10.2 Å². The van der Waals surface area contributed by atoms with Crippen LogP contribution in [0.25, 0.3) is 0 Å². The lowest BCUT2D eigenvalue weighted by molar-refractivity contribution is 0.0600. The SMILES string of the molecule is COC(=O)c1cccc(N2CCNC[C@@H]2CC(C)C)c1. The van der Waals surface area contributed by atoms with Crippen LogP contribution in [0.3, 0.4) is 0 Å². The molecule has 0 spiro atoms. The Bertz CT molecular complexity index is 460. The molecule has 1 aliphatic rings. The van der Waals surface area contributed by atoms with Gasteiger partial charge in [-0.1, -0.05) is 19.9 Å². The normalized spacial score (nSPS) is 19.2. The van der Waals surface area contributed by atoms with E-state index in [1.807, 2.05) is 12.1 Å². The number of hydrogen-bond donors (Lipinski definition) is 1. The van der Waals surface area contributed by atoms with Crippen molar-refractivity contribution >= 4 is 11.7 Å². The molecule has 0 unspecified atom stereocenters. The molecule has 0 amide bonds. The van der Waals surface area contributed by atoms with Gasteiger partial charge in [-0.15, -0.1) is 0 Å². The number of nitrogens with one attached hydrogen (secondary N) is 1. The largest absolute Gasteiger partial charge is 0.465 e. The zero-order chi connectivity index (χ0) is 14.5. The molecule has 1 heterocycles. The number of carbonyl (C=O) groups excluding carboxylic acids is 1. The van der Waals surface area contributed by atoms with Crippen LogP contribution in [0.5, 0.6) is 0 Å². The molecule has 4 heteroatoms. The summed E-state index contributed by atoms with van der Waals surface area (Å²) in [5, 5.41) is 3.46. The molecule has 1 aliphatic heterocycles. The van der Waals surface area contributed by atoms with Crippen molar-refractivity contribution in [2.24, 2.45) is 5.92 Å². The fourth-order valence-electron chi connectivity index (χ4n) is 2.78. The van der Waals surface area contributed by atoms with Crippen LogP contribution >= 0.6 is 0 Å². The molecule has 1 aromatic carbocycles. The summed E-state index contributed by atoms with van der Waals surface area (Å²) in [7, 11) is 1.42. The van der Waals surface area contributed by atoms with E-state index in [9.17, 15) is 4.79 Å². The zero-order valence-electron chi connectivity index (χ0n) is 12.6. The van der Waals surface area contributed by atoms with Crippen LogP contribution in [0.2, 0.25) is 0 Å². The number of anilines is 1. The Morgan fingerprint density at radius 2 is 2.30 bits per heavy atom. The smallest absolute Gasteiger partial charge is 0.337 e. The molecule has 0 aliphatic carbocycles. The fraction of sp³-hybridized carbons (Fsp3) is 0.562. The molecule has 0 bridgehead atoms. The molecule has 1 atom stereocenters. The van der Waals surface area contributed by atoms with E-state index in [0.29, 0.717) is 17.5 Å². The number of carbonyl (C=O) groups is 1. The number of hydrogen-bond acceptors (Lipinski definition) is 4. The maximum absolute atomic E-state index is 11.7. The summed E-state index contributed by atoms with van der Waals surface area (Å²) in [5.74, 6) is 0.383. The van der Waals surface area contributed by atoms with E-state index in [-0.39, 0.29) is 5.97 Å². The van der Waals surface area contributed by atoms with Crippen LogP contribution in [-0.4, -0.2) is 38.8 Å². The van der Waals surface area contributed by atoms with Crippen molar-refractivity contribution in [3.8, 4) is 0 Å². The van der Waals surface area contributed by atoms with Gasteiger partial charge in [-0.3, -0.25) is 0 Å². The Kier molecular flexibility index (Phi) is 5.01. The Balaban J connectivity index is 2.21. The van der Waals surface area contributed by atoms with Gasteiger partial charge in [0, 0.05) is 31.4 Å². The second kappa shape index (κ2) is 6.75. The Hall–Kier alpha value is -1.55.